The number of rotatable bonds is 2. The Hall–Kier alpha value is -2.08. The summed E-state index contributed by atoms with van der Waals surface area (Å²) < 4.78 is 0. The van der Waals surface area contributed by atoms with E-state index in [9.17, 15) is 0 Å². The highest BCUT2D eigenvalue weighted by molar-refractivity contribution is 5.97. The maximum atomic E-state index is 4.11. The second-order valence-corrected chi connectivity index (χ2v) is 4.00. The lowest BCUT2D eigenvalue weighted by atomic mass is 9.96. The van der Waals surface area contributed by atoms with Gasteiger partial charge in [0, 0.05) is 0 Å². The van der Waals surface area contributed by atoms with Gasteiger partial charge in [-0.1, -0.05) is 89.9 Å². The Balaban J connectivity index is 0.000000921. The molecule has 2 aromatic carbocycles. The molecule has 0 radical (unpaired) electrons. The Labute approximate surface area is 129 Å². The van der Waals surface area contributed by atoms with Crippen molar-refractivity contribution in [1.29, 1.82) is 0 Å². The van der Waals surface area contributed by atoms with E-state index in [1.54, 1.807) is 0 Å². The monoisotopic (exact) mass is 280 g/mol. The van der Waals surface area contributed by atoms with Crippen LogP contribution in [0, 0.1) is 0 Å². The van der Waals surface area contributed by atoms with Gasteiger partial charge in [0.2, 0.25) is 0 Å². The third-order valence-electron chi connectivity index (χ3n) is 3.09. The standard InChI is InChI=1S/C17H16.2C2H6/c1-5-13-10-11-15(7-3)17-14(6-2)9-8-12(4)16(13)17;2*1-2/h5-11H,1,3-4H2,2H3;2*1-2H3/b14-6-;;. The molecule has 2 rings (SSSR count). The van der Waals surface area contributed by atoms with Gasteiger partial charge in [-0.15, -0.1) is 0 Å². The Kier molecular flexibility index (Phi) is 8.80. The predicted molar refractivity (Wildman–Crippen MR) is 102 cm³/mol. The van der Waals surface area contributed by atoms with Crippen molar-refractivity contribution in [2.24, 2.45) is 0 Å². The fraction of sp³-hybridized carbons (Fsp3) is 0.238. The summed E-state index contributed by atoms with van der Waals surface area (Å²) in [5.41, 5.74) is 2.27. The van der Waals surface area contributed by atoms with Crippen LogP contribution in [-0.4, -0.2) is 0 Å². The largest absolute Gasteiger partial charge is 0.0984 e. The van der Waals surface area contributed by atoms with Gasteiger partial charge in [0.15, 0.2) is 0 Å². The Morgan fingerprint density at radius 3 is 1.67 bits per heavy atom. The van der Waals surface area contributed by atoms with Crippen LogP contribution in [0.15, 0.2) is 37.4 Å². The maximum absolute atomic E-state index is 4.11. The van der Waals surface area contributed by atoms with Crippen LogP contribution >= 0.6 is 0 Å². The van der Waals surface area contributed by atoms with Crippen molar-refractivity contribution in [3.05, 3.63) is 59.0 Å². The van der Waals surface area contributed by atoms with Crippen molar-refractivity contribution >= 4 is 35.6 Å². The maximum Gasteiger partial charge on any atom is -0.00305 e. The first-order chi connectivity index (χ1) is 10.2. The number of hydrogen-bond donors (Lipinski definition) is 0. The lowest BCUT2D eigenvalue weighted by Gasteiger charge is -2.08. The third kappa shape index (κ3) is 3.95. The third-order valence-corrected chi connectivity index (χ3v) is 3.09. The van der Waals surface area contributed by atoms with Gasteiger partial charge in [-0.3, -0.25) is 0 Å². The first-order valence-corrected chi connectivity index (χ1v) is 7.68. The van der Waals surface area contributed by atoms with E-state index >= 15 is 0 Å². The van der Waals surface area contributed by atoms with Gasteiger partial charge in [0.25, 0.3) is 0 Å². The number of hydrogen-bond acceptors (Lipinski definition) is 0. The fourth-order valence-corrected chi connectivity index (χ4v) is 2.23. The summed E-state index contributed by atoms with van der Waals surface area (Å²) in [5.74, 6) is 0. The molecular weight excluding hydrogens is 252 g/mol. The first-order valence-electron chi connectivity index (χ1n) is 7.68. The van der Waals surface area contributed by atoms with Gasteiger partial charge in [0.05, 0.1) is 0 Å². The minimum Gasteiger partial charge on any atom is -0.0984 e. The van der Waals surface area contributed by atoms with Crippen LogP contribution in [0.2, 0.25) is 0 Å². The van der Waals surface area contributed by atoms with Gasteiger partial charge in [-0.2, -0.15) is 0 Å². The van der Waals surface area contributed by atoms with E-state index < -0.39 is 0 Å². The van der Waals surface area contributed by atoms with Crippen LogP contribution in [0.5, 0.6) is 0 Å². The van der Waals surface area contributed by atoms with Crippen molar-refractivity contribution in [3.63, 3.8) is 0 Å². The van der Waals surface area contributed by atoms with Crippen LogP contribution < -0.4 is 10.4 Å². The number of fused-ring (bicyclic) bond motifs is 1. The molecule has 0 amide bonds. The highest BCUT2D eigenvalue weighted by atomic mass is 14.1. The molecule has 0 atom stereocenters. The molecule has 0 heteroatoms. The van der Waals surface area contributed by atoms with Crippen molar-refractivity contribution in [3.8, 4) is 0 Å². The zero-order valence-corrected chi connectivity index (χ0v) is 14.2. The Morgan fingerprint density at radius 2 is 1.24 bits per heavy atom. The van der Waals surface area contributed by atoms with Gasteiger partial charge < -0.3 is 0 Å². The second kappa shape index (κ2) is 9.77. The molecule has 0 unspecified atom stereocenters. The molecule has 0 heterocycles. The summed E-state index contributed by atoms with van der Waals surface area (Å²) in [5, 5.41) is 4.63. The molecular formula is C21H28. The normalized spacial score (nSPS) is 10.0. The van der Waals surface area contributed by atoms with Crippen LogP contribution in [-0.2, 0) is 0 Å². The first kappa shape index (κ1) is 18.9. The van der Waals surface area contributed by atoms with E-state index in [1.165, 1.54) is 16.0 Å². The van der Waals surface area contributed by atoms with Gasteiger partial charge in [-0.25, -0.2) is 0 Å². The molecule has 0 aliphatic heterocycles. The lowest BCUT2D eigenvalue weighted by Crippen LogP contribution is -2.12. The van der Waals surface area contributed by atoms with E-state index in [2.05, 4.69) is 50.1 Å². The van der Waals surface area contributed by atoms with Crippen molar-refractivity contribution in [2.45, 2.75) is 34.6 Å². The average Bonchev–Trinajstić information content (AvgIpc) is 2.58. The van der Waals surface area contributed by atoms with Crippen LogP contribution in [0.4, 0.5) is 0 Å². The van der Waals surface area contributed by atoms with Crippen molar-refractivity contribution < 1.29 is 0 Å². The van der Waals surface area contributed by atoms with E-state index in [-0.39, 0.29) is 0 Å². The Morgan fingerprint density at radius 1 is 0.762 bits per heavy atom. The summed E-state index contributed by atoms with van der Waals surface area (Å²) in [7, 11) is 0. The molecule has 0 saturated carbocycles. The second-order valence-electron chi connectivity index (χ2n) is 4.00. The molecule has 0 nitrogen and oxygen atoms in total. The van der Waals surface area contributed by atoms with E-state index in [0.29, 0.717) is 0 Å². The van der Waals surface area contributed by atoms with Gasteiger partial charge >= 0.3 is 0 Å². The SMILES string of the molecule is C=Cc1ccc(C=C)c2/c(=C\C)ccc(=C)c12.CC.CC. The zero-order valence-electron chi connectivity index (χ0n) is 14.2. The van der Waals surface area contributed by atoms with E-state index in [1.807, 2.05) is 46.8 Å². The molecule has 0 bridgehead atoms. The molecule has 21 heavy (non-hydrogen) atoms. The molecule has 2 aromatic rings. The van der Waals surface area contributed by atoms with Crippen LogP contribution in [0.1, 0.15) is 45.7 Å². The predicted octanol–water partition coefficient (Wildman–Crippen LogP) is 5.39. The zero-order chi connectivity index (χ0) is 16.4. The molecule has 0 N–H and O–H groups in total. The van der Waals surface area contributed by atoms with Crippen LogP contribution in [0.25, 0.3) is 35.6 Å². The molecule has 0 aliphatic rings. The van der Waals surface area contributed by atoms with Crippen molar-refractivity contribution in [1.82, 2.24) is 0 Å². The minimum absolute atomic E-state index is 1.03. The summed E-state index contributed by atoms with van der Waals surface area (Å²) in [6.45, 7) is 21.9. The van der Waals surface area contributed by atoms with Crippen LogP contribution in [0.3, 0.4) is 0 Å². The summed E-state index contributed by atoms with van der Waals surface area (Å²) in [6, 6.07) is 8.31. The summed E-state index contributed by atoms with van der Waals surface area (Å²) in [6.07, 6.45) is 5.88. The topological polar surface area (TPSA) is 0 Å². The molecule has 0 spiro atoms. The summed E-state index contributed by atoms with van der Waals surface area (Å²) in [4.78, 5) is 0. The molecule has 0 fully saturated rings. The quantitative estimate of drug-likeness (QED) is 0.692. The molecule has 0 aromatic heterocycles. The molecule has 0 saturated heterocycles. The number of benzene rings is 2. The Bertz CT molecular complexity index is 703. The van der Waals surface area contributed by atoms with E-state index in [0.717, 1.165) is 16.3 Å². The summed E-state index contributed by atoms with van der Waals surface area (Å²) >= 11 is 0. The van der Waals surface area contributed by atoms with Crippen molar-refractivity contribution in [2.75, 3.05) is 0 Å². The molecule has 0 aliphatic carbocycles. The highest BCUT2D eigenvalue weighted by Gasteiger charge is 2.04. The van der Waals surface area contributed by atoms with E-state index in [4.69, 9.17) is 0 Å². The molecule has 112 valence electrons. The van der Waals surface area contributed by atoms with Gasteiger partial charge in [-0.05, 0) is 39.3 Å². The average molecular weight is 280 g/mol. The fourth-order valence-electron chi connectivity index (χ4n) is 2.23. The minimum atomic E-state index is 1.03. The van der Waals surface area contributed by atoms with Gasteiger partial charge in [0.1, 0.15) is 0 Å². The lowest BCUT2D eigenvalue weighted by molar-refractivity contribution is 1.50. The smallest absolute Gasteiger partial charge is 0.00305 e. The highest BCUT2D eigenvalue weighted by Crippen LogP contribution is 2.19.